The zero-order chi connectivity index (χ0) is 15.8. The average molecular weight is 311 g/mol. The van der Waals surface area contributed by atoms with Crippen molar-refractivity contribution >= 4 is 11.0 Å². The molecule has 1 atom stereocenters. The average Bonchev–Trinajstić information content (AvgIpc) is 3.28. The molecule has 3 heterocycles. The standard InChI is InChI=1S/C18H21N3O2/c1-20-17-5-3-2-4-16(17)19-18(20)13-8-9-21(10-13)11-14-6-7-15(12-22)23-14/h2-7,13,22H,8-12H2,1H3/t13-/m0/s1. The fraction of sp³-hybridized carbons (Fsp3) is 0.389. The van der Waals surface area contributed by atoms with Crippen LogP contribution in [0.1, 0.15) is 29.7 Å². The first-order chi connectivity index (χ1) is 11.2. The fourth-order valence-corrected chi connectivity index (χ4v) is 3.53. The van der Waals surface area contributed by atoms with Crippen molar-refractivity contribution in [2.75, 3.05) is 13.1 Å². The molecule has 0 spiro atoms. The van der Waals surface area contributed by atoms with Gasteiger partial charge in [-0.1, -0.05) is 12.1 Å². The molecule has 5 heteroatoms. The predicted octanol–water partition coefficient (Wildman–Crippen LogP) is 2.65. The van der Waals surface area contributed by atoms with Gasteiger partial charge in [-0.2, -0.15) is 0 Å². The van der Waals surface area contributed by atoms with E-state index in [1.165, 1.54) is 11.3 Å². The van der Waals surface area contributed by atoms with Crippen molar-refractivity contribution in [1.82, 2.24) is 14.5 Å². The van der Waals surface area contributed by atoms with E-state index in [-0.39, 0.29) is 6.61 Å². The normalized spacial score (nSPS) is 19.0. The van der Waals surface area contributed by atoms with E-state index in [1.54, 1.807) is 0 Å². The van der Waals surface area contributed by atoms with E-state index in [1.807, 2.05) is 18.2 Å². The molecule has 4 rings (SSSR count). The molecule has 3 aromatic rings. The van der Waals surface area contributed by atoms with Crippen LogP contribution in [-0.4, -0.2) is 32.6 Å². The van der Waals surface area contributed by atoms with Gasteiger partial charge in [0.05, 0.1) is 17.6 Å². The molecular formula is C18H21N3O2. The number of hydrogen-bond acceptors (Lipinski definition) is 4. The highest BCUT2D eigenvalue weighted by Crippen LogP contribution is 2.29. The predicted molar refractivity (Wildman–Crippen MR) is 88.0 cm³/mol. The smallest absolute Gasteiger partial charge is 0.129 e. The number of hydrogen-bond donors (Lipinski definition) is 1. The zero-order valence-electron chi connectivity index (χ0n) is 13.3. The van der Waals surface area contributed by atoms with E-state index < -0.39 is 0 Å². The van der Waals surface area contributed by atoms with Gasteiger partial charge in [0, 0.05) is 19.5 Å². The lowest BCUT2D eigenvalue weighted by Crippen LogP contribution is -2.20. The Balaban J connectivity index is 1.49. The second-order valence-corrected chi connectivity index (χ2v) is 6.26. The number of aryl methyl sites for hydroxylation is 1. The van der Waals surface area contributed by atoms with E-state index in [9.17, 15) is 0 Å². The lowest BCUT2D eigenvalue weighted by atomic mass is 10.1. The number of para-hydroxylation sites is 2. The van der Waals surface area contributed by atoms with Crippen molar-refractivity contribution in [3.8, 4) is 0 Å². The number of rotatable bonds is 4. The van der Waals surface area contributed by atoms with Crippen LogP contribution in [0.3, 0.4) is 0 Å². The maximum atomic E-state index is 9.08. The van der Waals surface area contributed by atoms with Crippen molar-refractivity contribution < 1.29 is 9.52 Å². The number of aliphatic hydroxyl groups excluding tert-OH is 1. The second-order valence-electron chi connectivity index (χ2n) is 6.26. The Morgan fingerprint density at radius 2 is 2.04 bits per heavy atom. The molecule has 1 N–H and O–H groups in total. The number of aromatic nitrogens is 2. The summed E-state index contributed by atoms with van der Waals surface area (Å²) in [4.78, 5) is 7.23. The lowest BCUT2D eigenvalue weighted by molar-refractivity contribution is 0.232. The number of benzene rings is 1. The molecular weight excluding hydrogens is 290 g/mol. The van der Waals surface area contributed by atoms with Gasteiger partial charge in [0.25, 0.3) is 0 Å². The van der Waals surface area contributed by atoms with Crippen LogP contribution in [0.2, 0.25) is 0 Å². The number of aliphatic hydroxyl groups is 1. The minimum Gasteiger partial charge on any atom is -0.462 e. The first-order valence-electron chi connectivity index (χ1n) is 8.07. The monoisotopic (exact) mass is 311 g/mol. The third-order valence-corrected chi connectivity index (χ3v) is 4.71. The lowest BCUT2D eigenvalue weighted by Gasteiger charge is -2.14. The van der Waals surface area contributed by atoms with Crippen LogP contribution in [0.25, 0.3) is 11.0 Å². The van der Waals surface area contributed by atoms with Crippen LogP contribution in [0.5, 0.6) is 0 Å². The van der Waals surface area contributed by atoms with Crippen LogP contribution < -0.4 is 0 Å². The van der Waals surface area contributed by atoms with Crippen LogP contribution in [0.15, 0.2) is 40.8 Å². The molecule has 0 saturated carbocycles. The molecule has 0 unspecified atom stereocenters. The molecule has 5 nitrogen and oxygen atoms in total. The van der Waals surface area contributed by atoms with Crippen molar-refractivity contribution in [2.45, 2.75) is 25.5 Å². The molecule has 1 saturated heterocycles. The minimum atomic E-state index is -0.0392. The number of nitrogens with zero attached hydrogens (tertiary/aromatic N) is 3. The van der Waals surface area contributed by atoms with Crippen molar-refractivity contribution in [3.63, 3.8) is 0 Å². The quantitative estimate of drug-likeness (QED) is 0.805. The zero-order valence-corrected chi connectivity index (χ0v) is 13.3. The molecule has 0 aliphatic carbocycles. The van der Waals surface area contributed by atoms with Gasteiger partial charge < -0.3 is 14.1 Å². The van der Waals surface area contributed by atoms with Crippen molar-refractivity contribution in [1.29, 1.82) is 0 Å². The Bertz CT molecular complexity index is 821. The molecule has 2 aromatic heterocycles. The summed E-state index contributed by atoms with van der Waals surface area (Å²) in [6.45, 7) is 2.79. The topological polar surface area (TPSA) is 54.4 Å². The summed E-state index contributed by atoms with van der Waals surface area (Å²) in [5.41, 5.74) is 2.27. The van der Waals surface area contributed by atoms with Crippen molar-refractivity contribution in [2.24, 2.45) is 7.05 Å². The Hall–Kier alpha value is -2.11. The van der Waals surface area contributed by atoms with Gasteiger partial charge in [0.2, 0.25) is 0 Å². The van der Waals surface area contributed by atoms with Gasteiger partial charge in [-0.15, -0.1) is 0 Å². The molecule has 0 radical (unpaired) electrons. The highest BCUT2D eigenvalue weighted by atomic mass is 16.4. The van der Waals surface area contributed by atoms with E-state index in [0.717, 1.165) is 37.3 Å². The molecule has 120 valence electrons. The van der Waals surface area contributed by atoms with Gasteiger partial charge in [-0.3, -0.25) is 4.90 Å². The van der Waals surface area contributed by atoms with Gasteiger partial charge in [-0.05, 0) is 37.2 Å². The molecule has 1 aliphatic rings. The maximum absolute atomic E-state index is 9.08. The summed E-state index contributed by atoms with van der Waals surface area (Å²) in [5, 5.41) is 9.08. The highest BCUT2D eigenvalue weighted by molar-refractivity contribution is 5.75. The third kappa shape index (κ3) is 2.66. The molecule has 1 aromatic carbocycles. The Labute approximate surface area is 135 Å². The molecule has 0 bridgehead atoms. The Kier molecular flexibility index (Phi) is 3.67. The summed E-state index contributed by atoms with van der Waals surface area (Å²) in [6, 6.07) is 12.1. The Morgan fingerprint density at radius 3 is 2.83 bits per heavy atom. The number of likely N-dealkylation sites (tertiary alicyclic amines) is 1. The van der Waals surface area contributed by atoms with Crippen molar-refractivity contribution in [3.05, 3.63) is 53.7 Å². The number of furan rings is 1. The van der Waals surface area contributed by atoms with E-state index >= 15 is 0 Å². The third-order valence-electron chi connectivity index (χ3n) is 4.71. The van der Waals surface area contributed by atoms with Crippen LogP contribution in [0.4, 0.5) is 0 Å². The molecule has 0 amide bonds. The highest BCUT2D eigenvalue weighted by Gasteiger charge is 2.28. The van der Waals surface area contributed by atoms with Gasteiger partial charge in [0.15, 0.2) is 0 Å². The summed E-state index contributed by atoms with van der Waals surface area (Å²) < 4.78 is 7.82. The summed E-state index contributed by atoms with van der Waals surface area (Å²) >= 11 is 0. The van der Waals surface area contributed by atoms with Gasteiger partial charge in [-0.25, -0.2) is 4.98 Å². The summed E-state index contributed by atoms with van der Waals surface area (Å²) in [5.74, 6) is 3.18. The van der Waals surface area contributed by atoms with E-state index in [0.29, 0.717) is 11.7 Å². The van der Waals surface area contributed by atoms with E-state index in [2.05, 4.69) is 34.7 Å². The van der Waals surface area contributed by atoms with Gasteiger partial charge >= 0.3 is 0 Å². The first kappa shape index (κ1) is 14.5. The summed E-state index contributed by atoms with van der Waals surface area (Å²) in [7, 11) is 2.10. The molecule has 1 fully saturated rings. The molecule has 1 aliphatic heterocycles. The van der Waals surface area contributed by atoms with Crippen LogP contribution in [-0.2, 0) is 20.2 Å². The fourth-order valence-electron chi connectivity index (χ4n) is 3.53. The molecule has 23 heavy (non-hydrogen) atoms. The maximum Gasteiger partial charge on any atom is 0.129 e. The van der Waals surface area contributed by atoms with Gasteiger partial charge in [0.1, 0.15) is 24.0 Å². The first-order valence-corrected chi connectivity index (χ1v) is 8.07. The minimum absolute atomic E-state index is 0.0392. The van der Waals surface area contributed by atoms with Crippen LogP contribution in [0, 0.1) is 0 Å². The summed E-state index contributed by atoms with van der Waals surface area (Å²) in [6.07, 6.45) is 1.12. The largest absolute Gasteiger partial charge is 0.462 e. The number of fused-ring (bicyclic) bond motifs is 1. The Morgan fingerprint density at radius 1 is 1.22 bits per heavy atom. The SMILES string of the molecule is Cn1c([C@H]2CCN(Cc3ccc(CO)o3)C2)nc2ccccc21. The van der Waals surface area contributed by atoms with E-state index in [4.69, 9.17) is 14.5 Å². The number of imidazole rings is 1. The van der Waals surface area contributed by atoms with Crippen LogP contribution >= 0.6 is 0 Å². The second kappa shape index (κ2) is 5.83.